The molecule has 0 saturated carbocycles. The molecule has 3 aromatic carbocycles. The zero-order valence-electron chi connectivity index (χ0n) is 19.2. The van der Waals surface area contributed by atoms with Crippen LogP contribution in [0.1, 0.15) is 26.3 Å². The number of nitrogens with zero attached hydrogens (tertiary/aromatic N) is 1. The maximum Gasteiger partial charge on any atom is 0.343 e. The molecule has 10 heteroatoms. The summed E-state index contributed by atoms with van der Waals surface area (Å²) in [5.41, 5.74) is 3.46. The second-order valence-electron chi connectivity index (χ2n) is 7.11. The number of hydrogen-bond donors (Lipinski definition) is 1. The third-order valence-corrected chi connectivity index (χ3v) is 5.03. The van der Waals surface area contributed by atoms with Crippen molar-refractivity contribution in [1.82, 2.24) is 5.43 Å². The lowest BCUT2D eigenvalue weighted by molar-refractivity contribution is 0.0733. The van der Waals surface area contributed by atoms with E-state index in [1.807, 2.05) is 0 Å². The van der Waals surface area contributed by atoms with E-state index in [0.717, 1.165) is 0 Å². The highest BCUT2D eigenvalue weighted by Crippen LogP contribution is 2.38. The van der Waals surface area contributed by atoms with Gasteiger partial charge in [0.05, 0.1) is 33.1 Å². The highest BCUT2D eigenvalue weighted by atomic mass is 16.7. The third kappa shape index (κ3) is 5.11. The van der Waals surface area contributed by atoms with Crippen molar-refractivity contribution in [2.75, 3.05) is 28.1 Å². The van der Waals surface area contributed by atoms with Crippen LogP contribution in [-0.2, 0) is 0 Å². The Bertz CT molecular complexity index is 1260. The summed E-state index contributed by atoms with van der Waals surface area (Å²) in [6.07, 6.45) is 1.38. The Morgan fingerprint density at radius 1 is 0.857 bits per heavy atom. The molecule has 0 unspecified atom stereocenters. The molecular weight excluding hydrogens is 456 g/mol. The second-order valence-corrected chi connectivity index (χ2v) is 7.11. The first-order valence-electron chi connectivity index (χ1n) is 10.4. The topological polar surface area (TPSA) is 114 Å². The molecule has 0 radical (unpaired) electrons. The smallest absolute Gasteiger partial charge is 0.343 e. The number of para-hydroxylation sites is 1. The molecule has 1 aliphatic heterocycles. The number of hydrazone groups is 1. The number of methoxy groups -OCH3 is 3. The number of carbonyl (C=O) groups is 2. The molecule has 0 aliphatic carbocycles. The van der Waals surface area contributed by atoms with Gasteiger partial charge in [-0.1, -0.05) is 12.1 Å². The summed E-state index contributed by atoms with van der Waals surface area (Å²) in [6.45, 7) is 0.115. The number of amides is 1. The molecular formula is C25H22N2O8. The quantitative estimate of drug-likeness (QED) is 0.227. The Morgan fingerprint density at radius 3 is 2.29 bits per heavy atom. The molecule has 1 N–H and O–H groups in total. The minimum atomic E-state index is -0.644. The van der Waals surface area contributed by atoms with E-state index in [4.69, 9.17) is 28.4 Å². The molecule has 1 heterocycles. The van der Waals surface area contributed by atoms with E-state index >= 15 is 0 Å². The Kier molecular flexibility index (Phi) is 7.01. The van der Waals surface area contributed by atoms with Crippen molar-refractivity contribution in [3.05, 3.63) is 71.3 Å². The van der Waals surface area contributed by atoms with Gasteiger partial charge >= 0.3 is 5.97 Å². The summed E-state index contributed by atoms with van der Waals surface area (Å²) < 4.78 is 32.0. The van der Waals surface area contributed by atoms with E-state index in [9.17, 15) is 9.59 Å². The first-order chi connectivity index (χ1) is 17.0. The molecule has 0 spiro atoms. The Morgan fingerprint density at radius 2 is 1.57 bits per heavy atom. The lowest BCUT2D eigenvalue weighted by Crippen LogP contribution is -2.17. The van der Waals surface area contributed by atoms with Crippen molar-refractivity contribution >= 4 is 18.1 Å². The summed E-state index contributed by atoms with van der Waals surface area (Å²) in [5, 5.41) is 3.99. The second kappa shape index (κ2) is 10.5. The molecule has 0 saturated heterocycles. The largest absolute Gasteiger partial charge is 0.493 e. The fraction of sp³-hybridized carbons (Fsp3) is 0.160. The predicted molar refractivity (Wildman–Crippen MR) is 125 cm³/mol. The minimum Gasteiger partial charge on any atom is -0.493 e. The predicted octanol–water partition coefficient (Wildman–Crippen LogP) is 3.42. The lowest BCUT2D eigenvalue weighted by Gasteiger charge is -2.14. The van der Waals surface area contributed by atoms with Gasteiger partial charge in [0.1, 0.15) is 5.75 Å². The minimum absolute atomic E-state index is 0.115. The molecule has 3 aromatic rings. The number of benzene rings is 3. The number of nitrogens with one attached hydrogen (secondary N) is 1. The van der Waals surface area contributed by atoms with Gasteiger partial charge in [-0.15, -0.1) is 0 Å². The Hall–Kier alpha value is -4.73. The molecule has 180 valence electrons. The zero-order chi connectivity index (χ0) is 24.8. The van der Waals surface area contributed by atoms with Crippen LogP contribution in [0.5, 0.6) is 34.5 Å². The number of esters is 1. The summed E-state index contributed by atoms with van der Waals surface area (Å²) in [7, 11) is 4.38. The van der Waals surface area contributed by atoms with Crippen molar-refractivity contribution in [3.8, 4) is 34.5 Å². The van der Waals surface area contributed by atoms with Gasteiger partial charge in [0, 0.05) is 11.1 Å². The van der Waals surface area contributed by atoms with Gasteiger partial charge in [-0.2, -0.15) is 5.10 Å². The molecule has 10 nitrogen and oxygen atoms in total. The normalized spacial score (nSPS) is 11.7. The van der Waals surface area contributed by atoms with Gasteiger partial charge in [-0.25, -0.2) is 10.2 Å². The zero-order valence-corrected chi connectivity index (χ0v) is 19.2. The Labute approximate surface area is 201 Å². The Balaban J connectivity index is 1.48. The summed E-state index contributed by atoms with van der Waals surface area (Å²) in [5.74, 6) is 1.23. The number of rotatable bonds is 8. The van der Waals surface area contributed by atoms with Crippen molar-refractivity contribution in [2.24, 2.45) is 5.10 Å². The van der Waals surface area contributed by atoms with E-state index in [0.29, 0.717) is 39.9 Å². The van der Waals surface area contributed by atoms with Gasteiger partial charge in [0.25, 0.3) is 5.91 Å². The number of carbonyl (C=O) groups excluding carboxylic acids is 2. The van der Waals surface area contributed by atoms with Gasteiger partial charge in [-0.3, -0.25) is 4.79 Å². The first-order valence-corrected chi connectivity index (χ1v) is 10.4. The average Bonchev–Trinajstić information content (AvgIpc) is 3.36. The van der Waals surface area contributed by atoms with Gasteiger partial charge in [-0.05, 0) is 42.5 Å². The van der Waals surface area contributed by atoms with Crippen LogP contribution in [0.2, 0.25) is 0 Å². The van der Waals surface area contributed by atoms with Crippen LogP contribution in [0.3, 0.4) is 0 Å². The van der Waals surface area contributed by atoms with Crippen LogP contribution in [0.4, 0.5) is 0 Å². The molecule has 35 heavy (non-hydrogen) atoms. The van der Waals surface area contributed by atoms with Crippen molar-refractivity contribution in [3.63, 3.8) is 0 Å². The van der Waals surface area contributed by atoms with Crippen molar-refractivity contribution < 1.29 is 38.0 Å². The molecule has 0 fully saturated rings. The van der Waals surface area contributed by atoms with E-state index in [-0.39, 0.29) is 18.1 Å². The average molecular weight is 478 g/mol. The van der Waals surface area contributed by atoms with E-state index in [2.05, 4.69) is 10.5 Å². The van der Waals surface area contributed by atoms with Gasteiger partial charge < -0.3 is 28.4 Å². The molecule has 1 amide bonds. The fourth-order valence-corrected chi connectivity index (χ4v) is 3.30. The SMILES string of the molecule is COc1cc(C(=O)Oc2ccccc2C=NNC(=O)c2ccc3c(c2)OCO3)cc(OC)c1OC. The standard InChI is InChI=1S/C25H22N2O8/c1-30-21-11-17(12-22(31-2)23(21)32-3)25(29)35-18-7-5-4-6-16(18)13-26-27-24(28)15-8-9-19-20(10-15)34-14-33-19/h4-13H,14H2,1-3H3,(H,27,28). The monoisotopic (exact) mass is 478 g/mol. The first kappa shape index (κ1) is 23.4. The third-order valence-electron chi connectivity index (χ3n) is 5.03. The maximum atomic E-state index is 12.9. The molecule has 4 rings (SSSR count). The number of fused-ring (bicyclic) bond motifs is 1. The van der Waals surface area contributed by atoms with E-state index in [1.165, 1.54) is 39.7 Å². The summed E-state index contributed by atoms with van der Waals surface area (Å²) in [6, 6.07) is 14.6. The van der Waals surface area contributed by atoms with Crippen LogP contribution in [0.25, 0.3) is 0 Å². The van der Waals surface area contributed by atoms with Crippen molar-refractivity contribution in [1.29, 1.82) is 0 Å². The van der Waals surface area contributed by atoms with Crippen LogP contribution in [0.15, 0.2) is 59.7 Å². The van der Waals surface area contributed by atoms with Crippen LogP contribution >= 0.6 is 0 Å². The molecule has 0 bridgehead atoms. The fourth-order valence-electron chi connectivity index (χ4n) is 3.30. The van der Waals surface area contributed by atoms with E-state index in [1.54, 1.807) is 42.5 Å². The summed E-state index contributed by atoms with van der Waals surface area (Å²) >= 11 is 0. The highest BCUT2D eigenvalue weighted by Gasteiger charge is 2.19. The van der Waals surface area contributed by atoms with Gasteiger partial charge in [0.2, 0.25) is 12.5 Å². The van der Waals surface area contributed by atoms with Gasteiger partial charge in [0.15, 0.2) is 23.0 Å². The molecule has 1 aliphatic rings. The van der Waals surface area contributed by atoms with Crippen LogP contribution < -0.4 is 33.8 Å². The highest BCUT2D eigenvalue weighted by molar-refractivity contribution is 5.96. The van der Waals surface area contributed by atoms with Crippen molar-refractivity contribution in [2.45, 2.75) is 0 Å². The lowest BCUT2D eigenvalue weighted by atomic mass is 10.1. The molecule has 0 atom stereocenters. The van der Waals surface area contributed by atoms with E-state index < -0.39 is 11.9 Å². The van der Waals surface area contributed by atoms with Crippen LogP contribution in [-0.4, -0.2) is 46.2 Å². The maximum absolute atomic E-state index is 12.9. The molecule has 0 aromatic heterocycles. The van der Waals surface area contributed by atoms with Crippen LogP contribution in [0, 0.1) is 0 Å². The number of ether oxygens (including phenoxy) is 6. The summed E-state index contributed by atoms with van der Waals surface area (Å²) in [4.78, 5) is 25.3. The number of hydrogen-bond acceptors (Lipinski definition) is 9.